The lowest BCUT2D eigenvalue weighted by atomic mass is 9.96. The van der Waals surface area contributed by atoms with Crippen LogP contribution >= 0.6 is 0 Å². The Bertz CT molecular complexity index is 560. The molecule has 0 fully saturated rings. The molecule has 0 saturated carbocycles. The van der Waals surface area contributed by atoms with E-state index in [0.717, 1.165) is 25.9 Å². The molecule has 0 atom stereocenters. The minimum absolute atomic E-state index is 0.989. The second-order valence-corrected chi connectivity index (χ2v) is 5.06. The summed E-state index contributed by atoms with van der Waals surface area (Å²) in [5.74, 6) is 0. The second kappa shape index (κ2) is 5.07. The first-order valence-corrected chi connectivity index (χ1v) is 7.00. The quantitative estimate of drug-likeness (QED) is 0.871. The van der Waals surface area contributed by atoms with Crippen LogP contribution in [0.2, 0.25) is 0 Å². The molecule has 94 valence electrons. The van der Waals surface area contributed by atoms with Gasteiger partial charge in [-0.1, -0.05) is 31.5 Å². The molecule has 1 aliphatic rings. The Morgan fingerprint density at radius 2 is 2.17 bits per heavy atom. The highest BCUT2D eigenvalue weighted by atomic mass is 14.9. The van der Waals surface area contributed by atoms with Gasteiger partial charge in [0, 0.05) is 17.6 Å². The van der Waals surface area contributed by atoms with Gasteiger partial charge >= 0.3 is 0 Å². The maximum absolute atomic E-state index is 4.88. The van der Waals surface area contributed by atoms with Crippen LogP contribution in [0.3, 0.4) is 0 Å². The number of fused-ring (bicyclic) bond motifs is 2. The van der Waals surface area contributed by atoms with E-state index in [4.69, 9.17) is 4.98 Å². The van der Waals surface area contributed by atoms with Crippen LogP contribution in [-0.2, 0) is 19.4 Å². The van der Waals surface area contributed by atoms with E-state index in [2.05, 4.69) is 36.5 Å². The first-order chi connectivity index (χ1) is 8.90. The zero-order valence-corrected chi connectivity index (χ0v) is 11.0. The van der Waals surface area contributed by atoms with Gasteiger partial charge in [0.2, 0.25) is 0 Å². The lowest BCUT2D eigenvalue weighted by Crippen LogP contribution is -2.14. The number of benzene rings is 1. The molecule has 2 heteroatoms. The number of hydrogen-bond donors (Lipinski definition) is 1. The van der Waals surface area contributed by atoms with Crippen molar-refractivity contribution in [3.05, 3.63) is 41.1 Å². The number of aryl methyl sites for hydroxylation is 2. The minimum Gasteiger partial charge on any atom is -0.313 e. The molecular formula is C16H20N2. The topological polar surface area (TPSA) is 24.9 Å². The van der Waals surface area contributed by atoms with E-state index in [1.54, 1.807) is 0 Å². The fourth-order valence-corrected chi connectivity index (χ4v) is 2.92. The fraction of sp³-hybridized carbons (Fsp3) is 0.438. The van der Waals surface area contributed by atoms with Crippen LogP contribution in [0, 0.1) is 0 Å². The smallest absolute Gasteiger partial charge is 0.0708 e. The molecule has 0 amide bonds. The summed E-state index contributed by atoms with van der Waals surface area (Å²) < 4.78 is 0. The van der Waals surface area contributed by atoms with Crippen molar-refractivity contribution in [2.75, 3.05) is 6.54 Å². The van der Waals surface area contributed by atoms with Crippen molar-refractivity contribution >= 4 is 10.9 Å². The summed E-state index contributed by atoms with van der Waals surface area (Å²) in [5, 5.41) is 4.88. The Morgan fingerprint density at radius 1 is 1.28 bits per heavy atom. The molecule has 0 saturated heterocycles. The number of nitrogens with zero attached hydrogens (tertiary/aromatic N) is 1. The van der Waals surface area contributed by atoms with Gasteiger partial charge in [0.15, 0.2) is 0 Å². The SMILES string of the molecule is CCCc1c2c(nc3ccccc13)CCCNC2. The van der Waals surface area contributed by atoms with Crippen molar-refractivity contribution in [3.8, 4) is 0 Å². The summed E-state index contributed by atoms with van der Waals surface area (Å²) in [5.41, 5.74) is 5.48. The molecule has 2 heterocycles. The maximum atomic E-state index is 4.88. The third kappa shape index (κ3) is 2.01. The lowest BCUT2D eigenvalue weighted by Gasteiger charge is -2.14. The molecule has 1 aromatic heterocycles. The lowest BCUT2D eigenvalue weighted by molar-refractivity contribution is 0.677. The number of hydrogen-bond acceptors (Lipinski definition) is 2. The molecule has 0 radical (unpaired) electrons. The molecule has 1 N–H and O–H groups in total. The Kier molecular flexibility index (Phi) is 3.28. The van der Waals surface area contributed by atoms with E-state index in [-0.39, 0.29) is 0 Å². The van der Waals surface area contributed by atoms with Crippen molar-refractivity contribution < 1.29 is 0 Å². The van der Waals surface area contributed by atoms with Crippen LogP contribution in [0.5, 0.6) is 0 Å². The highest BCUT2D eigenvalue weighted by Gasteiger charge is 2.15. The van der Waals surface area contributed by atoms with Crippen LogP contribution < -0.4 is 5.32 Å². The average Bonchev–Trinajstić information content (AvgIpc) is 2.64. The Labute approximate surface area is 108 Å². The third-order valence-electron chi connectivity index (χ3n) is 3.77. The fourth-order valence-electron chi connectivity index (χ4n) is 2.92. The van der Waals surface area contributed by atoms with Crippen molar-refractivity contribution in [2.45, 2.75) is 39.2 Å². The number of rotatable bonds is 2. The van der Waals surface area contributed by atoms with Crippen molar-refractivity contribution in [3.63, 3.8) is 0 Å². The van der Waals surface area contributed by atoms with Crippen LogP contribution in [0.15, 0.2) is 24.3 Å². The molecule has 0 spiro atoms. The molecule has 2 aromatic rings. The normalized spacial score (nSPS) is 15.4. The molecule has 2 nitrogen and oxygen atoms in total. The van der Waals surface area contributed by atoms with E-state index in [0.29, 0.717) is 0 Å². The standard InChI is InChI=1S/C16H20N2/c1-2-6-12-13-7-3-4-8-15(13)18-16-9-5-10-17-11-14(12)16/h3-4,7-8,17H,2,5-6,9-11H2,1H3. The van der Waals surface area contributed by atoms with Crippen molar-refractivity contribution in [1.82, 2.24) is 10.3 Å². The molecule has 1 aromatic carbocycles. The predicted octanol–water partition coefficient (Wildman–Crippen LogP) is 3.22. The van der Waals surface area contributed by atoms with Gasteiger partial charge in [-0.25, -0.2) is 0 Å². The number of para-hydroxylation sites is 1. The molecule has 0 bridgehead atoms. The maximum Gasteiger partial charge on any atom is 0.0708 e. The van der Waals surface area contributed by atoms with Crippen molar-refractivity contribution in [1.29, 1.82) is 0 Å². The van der Waals surface area contributed by atoms with Crippen LogP contribution in [0.25, 0.3) is 10.9 Å². The van der Waals surface area contributed by atoms with Gasteiger partial charge < -0.3 is 5.32 Å². The van der Waals surface area contributed by atoms with E-state index in [1.165, 1.54) is 40.6 Å². The van der Waals surface area contributed by atoms with Gasteiger partial charge in [0.1, 0.15) is 0 Å². The van der Waals surface area contributed by atoms with E-state index >= 15 is 0 Å². The Morgan fingerprint density at radius 3 is 3.06 bits per heavy atom. The minimum atomic E-state index is 0.989. The summed E-state index contributed by atoms with van der Waals surface area (Å²) in [6, 6.07) is 8.58. The molecule has 18 heavy (non-hydrogen) atoms. The zero-order chi connectivity index (χ0) is 12.4. The van der Waals surface area contributed by atoms with Crippen LogP contribution in [-0.4, -0.2) is 11.5 Å². The first-order valence-electron chi connectivity index (χ1n) is 7.00. The van der Waals surface area contributed by atoms with Gasteiger partial charge in [0.25, 0.3) is 0 Å². The number of aromatic nitrogens is 1. The molecule has 1 aliphatic heterocycles. The van der Waals surface area contributed by atoms with E-state index < -0.39 is 0 Å². The Hall–Kier alpha value is -1.41. The van der Waals surface area contributed by atoms with Gasteiger partial charge in [-0.15, -0.1) is 0 Å². The van der Waals surface area contributed by atoms with Gasteiger partial charge in [-0.05, 0) is 43.0 Å². The summed E-state index contributed by atoms with van der Waals surface area (Å²) in [6.07, 6.45) is 4.67. The molecule has 0 unspecified atom stereocenters. The monoisotopic (exact) mass is 240 g/mol. The average molecular weight is 240 g/mol. The van der Waals surface area contributed by atoms with Gasteiger partial charge in [0.05, 0.1) is 5.52 Å². The summed E-state index contributed by atoms with van der Waals surface area (Å²) >= 11 is 0. The second-order valence-electron chi connectivity index (χ2n) is 5.06. The Balaban J connectivity index is 2.25. The highest BCUT2D eigenvalue weighted by molar-refractivity contribution is 5.83. The van der Waals surface area contributed by atoms with Gasteiger partial charge in [-0.3, -0.25) is 4.98 Å². The van der Waals surface area contributed by atoms with Crippen LogP contribution in [0.4, 0.5) is 0 Å². The molecular weight excluding hydrogens is 220 g/mol. The largest absolute Gasteiger partial charge is 0.313 e. The number of nitrogens with one attached hydrogen (secondary N) is 1. The highest BCUT2D eigenvalue weighted by Crippen LogP contribution is 2.26. The van der Waals surface area contributed by atoms with Crippen molar-refractivity contribution in [2.24, 2.45) is 0 Å². The van der Waals surface area contributed by atoms with Gasteiger partial charge in [-0.2, -0.15) is 0 Å². The van der Waals surface area contributed by atoms with E-state index in [9.17, 15) is 0 Å². The first kappa shape index (κ1) is 11.7. The van der Waals surface area contributed by atoms with Crippen LogP contribution in [0.1, 0.15) is 36.6 Å². The zero-order valence-electron chi connectivity index (χ0n) is 11.0. The number of pyridine rings is 1. The summed E-state index contributed by atoms with van der Waals surface area (Å²) in [6.45, 7) is 4.35. The molecule has 3 rings (SSSR count). The summed E-state index contributed by atoms with van der Waals surface area (Å²) in [7, 11) is 0. The third-order valence-corrected chi connectivity index (χ3v) is 3.77. The summed E-state index contributed by atoms with van der Waals surface area (Å²) in [4.78, 5) is 4.88. The molecule has 0 aliphatic carbocycles. The van der Waals surface area contributed by atoms with E-state index in [1.807, 2.05) is 0 Å². The predicted molar refractivity (Wildman–Crippen MR) is 75.8 cm³/mol.